The Labute approximate surface area is 145 Å². The monoisotopic (exact) mass is 335 g/mol. The van der Waals surface area contributed by atoms with Gasteiger partial charge >= 0.3 is 6.03 Å². The number of hydrogen-bond acceptors (Lipinski definition) is 4. The Morgan fingerprint density at radius 2 is 2.04 bits per heavy atom. The molecule has 0 saturated carbocycles. The van der Waals surface area contributed by atoms with E-state index in [-0.39, 0.29) is 12.6 Å². The average molecular weight is 335 g/mol. The lowest BCUT2D eigenvalue weighted by Gasteiger charge is -2.07. The smallest absolute Gasteiger partial charge is 0.339 e. The molecular weight excluding hydrogens is 318 g/mol. The van der Waals surface area contributed by atoms with Crippen LogP contribution in [0.2, 0.25) is 0 Å². The number of amides is 2. The molecule has 0 fully saturated rings. The highest BCUT2D eigenvalue weighted by atomic mass is 16.7. The summed E-state index contributed by atoms with van der Waals surface area (Å²) in [5.41, 5.74) is 11.5. The van der Waals surface area contributed by atoms with Crippen LogP contribution in [-0.4, -0.2) is 22.8 Å². The Morgan fingerprint density at radius 1 is 1.24 bits per heavy atom. The quantitative estimate of drug-likeness (QED) is 0.457. The Kier molecular flexibility index (Phi) is 5.00. The van der Waals surface area contributed by atoms with Crippen molar-refractivity contribution in [3.63, 3.8) is 0 Å². The third-order valence-electron chi connectivity index (χ3n) is 3.63. The van der Waals surface area contributed by atoms with Gasteiger partial charge in [-0.1, -0.05) is 54.3 Å². The van der Waals surface area contributed by atoms with Crippen molar-refractivity contribution < 1.29 is 14.8 Å². The molecule has 2 amide bonds. The number of primary amides is 1. The standard InChI is InChI=1S/C19H17N3O3/c20-19(23)22(24)11-5-7-14-6-4-10-16(12-14)17-13-18(25-21-17)15-8-2-1-3-9-15/h1-4,6,8-10,12-13,18,21,24H,11H2,(H2,20,23). The second kappa shape index (κ2) is 7.53. The average Bonchev–Trinajstić information content (AvgIpc) is 3.13. The first kappa shape index (κ1) is 16.6. The molecular formula is C19H17N3O3. The van der Waals surface area contributed by atoms with Gasteiger partial charge in [-0.25, -0.2) is 4.79 Å². The fraction of sp³-hybridized carbons (Fsp3) is 0.105. The van der Waals surface area contributed by atoms with E-state index in [1.54, 1.807) is 0 Å². The van der Waals surface area contributed by atoms with Gasteiger partial charge < -0.3 is 5.73 Å². The number of carbonyl (C=O) groups excluding carboxylic acids is 1. The number of nitrogens with two attached hydrogens (primary N) is 1. The van der Waals surface area contributed by atoms with Crippen LogP contribution in [0.1, 0.15) is 22.8 Å². The van der Waals surface area contributed by atoms with Crippen molar-refractivity contribution in [2.24, 2.45) is 5.73 Å². The van der Waals surface area contributed by atoms with Crippen LogP contribution in [0.15, 0.2) is 60.7 Å². The minimum absolute atomic E-state index is 0.149. The van der Waals surface area contributed by atoms with Crippen molar-refractivity contribution in [1.82, 2.24) is 10.5 Å². The van der Waals surface area contributed by atoms with Crippen molar-refractivity contribution in [2.45, 2.75) is 6.10 Å². The van der Waals surface area contributed by atoms with Gasteiger partial charge in [0.2, 0.25) is 0 Å². The van der Waals surface area contributed by atoms with Crippen LogP contribution < -0.4 is 11.2 Å². The molecule has 0 saturated heterocycles. The minimum atomic E-state index is -0.938. The maximum atomic E-state index is 10.7. The van der Waals surface area contributed by atoms with Gasteiger partial charge in [0.15, 0.2) is 0 Å². The molecule has 2 aromatic carbocycles. The van der Waals surface area contributed by atoms with Crippen LogP contribution in [0.25, 0.3) is 5.70 Å². The maximum absolute atomic E-state index is 10.7. The molecule has 6 heteroatoms. The first-order valence-corrected chi connectivity index (χ1v) is 7.67. The van der Waals surface area contributed by atoms with E-state index < -0.39 is 6.03 Å². The zero-order valence-electron chi connectivity index (χ0n) is 13.3. The summed E-state index contributed by atoms with van der Waals surface area (Å²) in [6.45, 7) is -0.153. The van der Waals surface area contributed by atoms with Crippen LogP contribution >= 0.6 is 0 Å². The number of benzene rings is 2. The van der Waals surface area contributed by atoms with E-state index in [1.165, 1.54) is 0 Å². The second-order valence-corrected chi connectivity index (χ2v) is 5.41. The van der Waals surface area contributed by atoms with Crippen LogP contribution in [-0.2, 0) is 4.84 Å². The van der Waals surface area contributed by atoms with Crippen molar-refractivity contribution in [2.75, 3.05) is 6.54 Å². The summed E-state index contributed by atoms with van der Waals surface area (Å²) < 4.78 is 0. The van der Waals surface area contributed by atoms with Gasteiger partial charge in [0.1, 0.15) is 12.6 Å². The highest BCUT2D eigenvalue weighted by molar-refractivity contribution is 5.71. The molecule has 0 aromatic heterocycles. The second-order valence-electron chi connectivity index (χ2n) is 5.41. The normalized spacial score (nSPS) is 15.6. The molecule has 1 unspecified atom stereocenters. The lowest BCUT2D eigenvalue weighted by atomic mass is 10.1. The van der Waals surface area contributed by atoms with Crippen LogP contribution in [0, 0.1) is 11.8 Å². The van der Waals surface area contributed by atoms with E-state index in [0.717, 1.165) is 22.4 Å². The molecule has 6 nitrogen and oxygen atoms in total. The molecule has 1 aliphatic rings. The number of carbonyl (C=O) groups is 1. The Hall–Kier alpha value is -3.27. The molecule has 2 aromatic rings. The summed E-state index contributed by atoms with van der Waals surface area (Å²) in [5.74, 6) is 5.57. The molecule has 3 rings (SSSR count). The van der Waals surface area contributed by atoms with E-state index in [2.05, 4.69) is 17.3 Å². The fourth-order valence-corrected chi connectivity index (χ4v) is 2.37. The lowest BCUT2D eigenvalue weighted by molar-refractivity contribution is -0.0269. The van der Waals surface area contributed by atoms with Crippen LogP contribution in [0.3, 0.4) is 0 Å². The molecule has 25 heavy (non-hydrogen) atoms. The molecule has 1 atom stereocenters. The molecule has 0 bridgehead atoms. The third kappa shape index (κ3) is 4.18. The third-order valence-corrected chi connectivity index (χ3v) is 3.63. The summed E-state index contributed by atoms with van der Waals surface area (Å²) in [4.78, 5) is 16.3. The van der Waals surface area contributed by atoms with E-state index in [1.807, 2.05) is 60.7 Å². The number of rotatable bonds is 3. The van der Waals surface area contributed by atoms with Crippen molar-refractivity contribution >= 4 is 11.7 Å². The van der Waals surface area contributed by atoms with Gasteiger partial charge in [0.05, 0.1) is 5.70 Å². The van der Waals surface area contributed by atoms with E-state index in [0.29, 0.717) is 5.06 Å². The summed E-state index contributed by atoms with van der Waals surface area (Å²) >= 11 is 0. The van der Waals surface area contributed by atoms with E-state index >= 15 is 0 Å². The Balaban J connectivity index is 1.74. The Bertz CT molecular complexity index is 853. The fourth-order valence-electron chi connectivity index (χ4n) is 2.37. The first-order valence-electron chi connectivity index (χ1n) is 7.67. The largest absolute Gasteiger partial charge is 0.350 e. The van der Waals surface area contributed by atoms with E-state index in [9.17, 15) is 10.0 Å². The molecule has 0 radical (unpaired) electrons. The summed E-state index contributed by atoms with van der Waals surface area (Å²) in [6.07, 6.45) is 1.86. The predicted octanol–water partition coefficient (Wildman–Crippen LogP) is 2.43. The number of hydrogen-bond donors (Lipinski definition) is 3. The molecule has 1 heterocycles. The summed E-state index contributed by atoms with van der Waals surface area (Å²) in [7, 11) is 0. The predicted molar refractivity (Wildman–Crippen MR) is 92.8 cm³/mol. The highest BCUT2D eigenvalue weighted by Crippen LogP contribution is 2.28. The van der Waals surface area contributed by atoms with Gasteiger partial charge in [0.25, 0.3) is 0 Å². The molecule has 1 aliphatic heterocycles. The number of hydroxylamine groups is 3. The summed E-state index contributed by atoms with van der Waals surface area (Å²) in [5, 5.41) is 9.55. The van der Waals surface area contributed by atoms with Gasteiger partial charge in [0, 0.05) is 11.1 Å². The Morgan fingerprint density at radius 3 is 2.80 bits per heavy atom. The minimum Gasteiger partial charge on any atom is -0.350 e. The van der Waals surface area contributed by atoms with Crippen molar-refractivity contribution in [1.29, 1.82) is 0 Å². The topological polar surface area (TPSA) is 87.8 Å². The molecule has 0 aliphatic carbocycles. The highest BCUT2D eigenvalue weighted by Gasteiger charge is 2.18. The van der Waals surface area contributed by atoms with Gasteiger partial charge in [-0.15, -0.1) is 0 Å². The van der Waals surface area contributed by atoms with Gasteiger partial charge in [-0.2, -0.15) is 5.06 Å². The van der Waals surface area contributed by atoms with Crippen LogP contribution in [0.4, 0.5) is 4.79 Å². The van der Waals surface area contributed by atoms with Crippen LogP contribution in [0.5, 0.6) is 0 Å². The van der Waals surface area contributed by atoms with E-state index in [4.69, 9.17) is 10.6 Å². The molecule has 0 spiro atoms. The number of urea groups is 1. The van der Waals surface area contributed by atoms with Gasteiger partial charge in [-0.05, 0) is 23.8 Å². The number of nitrogens with one attached hydrogen (secondary N) is 1. The van der Waals surface area contributed by atoms with Crippen molar-refractivity contribution in [3.8, 4) is 11.8 Å². The van der Waals surface area contributed by atoms with Crippen molar-refractivity contribution in [3.05, 3.63) is 77.4 Å². The SMILES string of the molecule is NC(=O)N(O)CC#Cc1cccc(C2=CC(c3ccccc3)ON2)c1. The summed E-state index contributed by atoms with van der Waals surface area (Å²) in [6, 6.07) is 16.5. The molecule has 126 valence electrons. The maximum Gasteiger partial charge on any atom is 0.339 e. The lowest BCUT2D eigenvalue weighted by Crippen LogP contribution is -2.32. The van der Waals surface area contributed by atoms with Gasteiger partial charge in [-0.3, -0.25) is 15.5 Å². The first-order chi connectivity index (χ1) is 12.1. The zero-order chi connectivity index (χ0) is 17.6. The zero-order valence-corrected chi connectivity index (χ0v) is 13.3. The number of nitrogens with zero attached hydrogens (tertiary/aromatic N) is 1. The molecule has 4 N–H and O–H groups in total.